The van der Waals surface area contributed by atoms with Crippen LogP contribution in [0.1, 0.15) is 22.8 Å². The lowest BCUT2D eigenvalue weighted by molar-refractivity contribution is 0.0772. The van der Waals surface area contributed by atoms with E-state index in [-0.39, 0.29) is 11.5 Å². The monoisotopic (exact) mass is 220 g/mol. The molecule has 1 unspecified atom stereocenters. The lowest BCUT2D eigenvalue weighted by atomic mass is 10.1. The van der Waals surface area contributed by atoms with Crippen LogP contribution in [-0.2, 0) is 0 Å². The first-order valence-electron chi connectivity index (χ1n) is 4.89. The van der Waals surface area contributed by atoms with Crippen molar-refractivity contribution in [2.75, 3.05) is 7.05 Å². The summed E-state index contributed by atoms with van der Waals surface area (Å²) in [7, 11) is 1.52. The van der Waals surface area contributed by atoms with Gasteiger partial charge in [0.2, 0.25) is 0 Å². The van der Waals surface area contributed by atoms with Gasteiger partial charge in [-0.05, 0) is 37.6 Å². The maximum Gasteiger partial charge on any atom is 0.254 e. The van der Waals surface area contributed by atoms with Crippen LogP contribution in [0.4, 0.5) is 4.39 Å². The van der Waals surface area contributed by atoms with E-state index in [9.17, 15) is 9.18 Å². The van der Waals surface area contributed by atoms with E-state index in [0.29, 0.717) is 5.56 Å². The number of hydrogen-bond donors (Lipinski definition) is 0. The first-order valence-corrected chi connectivity index (χ1v) is 4.89. The zero-order valence-corrected chi connectivity index (χ0v) is 9.49. The lowest BCUT2D eigenvalue weighted by Gasteiger charge is -2.19. The molecule has 16 heavy (non-hydrogen) atoms. The maximum absolute atomic E-state index is 13.1. The Labute approximate surface area is 94.1 Å². The summed E-state index contributed by atoms with van der Waals surface area (Å²) in [6.45, 7) is 3.33. The first-order chi connectivity index (χ1) is 7.45. The van der Waals surface area contributed by atoms with Crippen molar-refractivity contribution >= 4 is 5.91 Å². The number of carbonyl (C=O) groups is 1. The Morgan fingerprint density at radius 3 is 2.62 bits per heavy atom. The molecule has 4 heteroatoms. The van der Waals surface area contributed by atoms with Crippen LogP contribution in [0.2, 0.25) is 0 Å². The van der Waals surface area contributed by atoms with Gasteiger partial charge in [-0.3, -0.25) is 4.79 Å². The number of hydrogen-bond acceptors (Lipinski definition) is 2. The Kier molecular flexibility index (Phi) is 3.62. The summed E-state index contributed by atoms with van der Waals surface area (Å²) >= 11 is 0. The van der Waals surface area contributed by atoms with Crippen LogP contribution in [0.25, 0.3) is 0 Å². The van der Waals surface area contributed by atoms with E-state index in [4.69, 9.17) is 5.26 Å². The zero-order chi connectivity index (χ0) is 12.3. The van der Waals surface area contributed by atoms with Gasteiger partial charge < -0.3 is 4.90 Å². The van der Waals surface area contributed by atoms with Crippen LogP contribution in [0.3, 0.4) is 0 Å². The van der Waals surface area contributed by atoms with E-state index in [1.165, 1.54) is 24.1 Å². The zero-order valence-electron chi connectivity index (χ0n) is 9.49. The summed E-state index contributed by atoms with van der Waals surface area (Å²) in [6.07, 6.45) is 0. The Hall–Kier alpha value is -1.89. The molecule has 0 fully saturated rings. The molecule has 0 N–H and O–H groups in total. The maximum atomic E-state index is 13.1. The molecule has 0 aliphatic carbocycles. The fourth-order valence-corrected chi connectivity index (χ4v) is 1.33. The van der Waals surface area contributed by atoms with Gasteiger partial charge in [0, 0.05) is 12.6 Å². The molecule has 3 nitrogen and oxygen atoms in total. The molecule has 84 valence electrons. The number of amides is 1. The number of aryl methyl sites for hydroxylation is 1. The van der Waals surface area contributed by atoms with Gasteiger partial charge in [-0.25, -0.2) is 4.39 Å². The molecular formula is C12H13FN2O. The topological polar surface area (TPSA) is 44.1 Å². The molecule has 0 heterocycles. The van der Waals surface area contributed by atoms with Crippen molar-refractivity contribution in [1.29, 1.82) is 5.26 Å². The van der Waals surface area contributed by atoms with Crippen LogP contribution in [0.5, 0.6) is 0 Å². The molecule has 0 aromatic heterocycles. The molecule has 0 saturated heterocycles. The van der Waals surface area contributed by atoms with Gasteiger partial charge in [0.1, 0.15) is 11.9 Å². The van der Waals surface area contributed by atoms with E-state index in [0.717, 1.165) is 0 Å². The van der Waals surface area contributed by atoms with Crippen LogP contribution in [-0.4, -0.2) is 23.9 Å². The SMILES string of the molecule is Cc1cc(F)cc(C(=O)N(C)C(C)C#N)c1. The number of nitriles is 1. The van der Waals surface area contributed by atoms with Crippen molar-refractivity contribution in [2.24, 2.45) is 0 Å². The second-order valence-electron chi connectivity index (χ2n) is 3.74. The quantitative estimate of drug-likeness (QED) is 0.766. The van der Waals surface area contributed by atoms with E-state index in [2.05, 4.69) is 0 Å². The fraction of sp³-hybridized carbons (Fsp3) is 0.333. The van der Waals surface area contributed by atoms with Crippen LogP contribution in [0, 0.1) is 24.1 Å². The molecule has 1 atom stereocenters. The highest BCUT2D eigenvalue weighted by atomic mass is 19.1. The summed E-state index contributed by atoms with van der Waals surface area (Å²) in [5.41, 5.74) is 0.948. The van der Waals surface area contributed by atoms with Crippen molar-refractivity contribution in [2.45, 2.75) is 19.9 Å². The molecular weight excluding hydrogens is 207 g/mol. The van der Waals surface area contributed by atoms with E-state index >= 15 is 0 Å². The van der Waals surface area contributed by atoms with Crippen molar-refractivity contribution < 1.29 is 9.18 Å². The predicted octanol–water partition coefficient (Wildman–Crippen LogP) is 2.12. The average Bonchev–Trinajstić information content (AvgIpc) is 2.24. The third kappa shape index (κ3) is 2.57. The second kappa shape index (κ2) is 4.75. The Balaban J connectivity index is 3.01. The normalized spacial score (nSPS) is 11.7. The third-order valence-corrected chi connectivity index (χ3v) is 2.38. The molecule has 1 aromatic rings. The highest BCUT2D eigenvalue weighted by Gasteiger charge is 2.17. The van der Waals surface area contributed by atoms with Gasteiger partial charge in [0.05, 0.1) is 6.07 Å². The lowest BCUT2D eigenvalue weighted by Crippen LogP contribution is -2.34. The molecule has 0 spiro atoms. The van der Waals surface area contributed by atoms with E-state index in [1.54, 1.807) is 19.9 Å². The summed E-state index contributed by atoms with van der Waals surface area (Å²) in [4.78, 5) is 13.1. The Bertz CT molecular complexity index is 431. The summed E-state index contributed by atoms with van der Waals surface area (Å²) in [5, 5.41) is 8.69. The van der Waals surface area contributed by atoms with Gasteiger partial charge in [-0.2, -0.15) is 5.26 Å². The summed E-state index contributed by atoms with van der Waals surface area (Å²) in [6, 6.07) is 5.56. The second-order valence-corrected chi connectivity index (χ2v) is 3.74. The Morgan fingerprint density at radius 1 is 1.50 bits per heavy atom. The largest absolute Gasteiger partial charge is 0.326 e. The van der Waals surface area contributed by atoms with Crippen LogP contribution in [0.15, 0.2) is 18.2 Å². The van der Waals surface area contributed by atoms with Gasteiger partial charge in [0.15, 0.2) is 0 Å². The van der Waals surface area contributed by atoms with Crippen LogP contribution >= 0.6 is 0 Å². The van der Waals surface area contributed by atoms with Crippen molar-refractivity contribution in [1.82, 2.24) is 4.90 Å². The Morgan fingerprint density at radius 2 is 2.12 bits per heavy atom. The minimum atomic E-state index is -0.531. The molecule has 0 radical (unpaired) electrons. The summed E-state index contributed by atoms with van der Waals surface area (Å²) in [5.74, 6) is -0.794. The number of rotatable bonds is 2. The highest BCUT2D eigenvalue weighted by Crippen LogP contribution is 2.11. The van der Waals surface area contributed by atoms with Gasteiger partial charge in [0.25, 0.3) is 5.91 Å². The molecule has 1 amide bonds. The standard InChI is InChI=1S/C12H13FN2O/c1-8-4-10(6-11(13)5-8)12(16)15(3)9(2)7-14/h4-6,9H,1-3H3. The summed E-state index contributed by atoms with van der Waals surface area (Å²) < 4.78 is 13.1. The van der Waals surface area contributed by atoms with E-state index in [1.807, 2.05) is 6.07 Å². The molecule has 0 bridgehead atoms. The highest BCUT2D eigenvalue weighted by molar-refractivity contribution is 5.94. The minimum absolute atomic E-state index is 0.266. The fourth-order valence-electron chi connectivity index (χ4n) is 1.33. The molecule has 0 aliphatic rings. The molecule has 0 aliphatic heterocycles. The minimum Gasteiger partial charge on any atom is -0.326 e. The first kappa shape index (κ1) is 12.2. The van der Waals surface area contributed by atoms with Gasteiger partial charge in [-0.1, -0.05) is 0 Å². The van der Waals surface area contributed by atoms with Crippen molar-refractivity contribution in [3.8, 4) is 6.07 Å². The van der Waals surface area contributed by atoms with Gasteiger partial charge in [-0.15, -0.1) is 0 Å². The smallest absolute Gasteiger partial charge is 0.254 e. The number of carbonyl (C=O) groups excluding carboxylic acids is 1. The van der Waals surface area contributed by atoms with E-state index < -0.39 is 11.9 Å². The number of nitrogens with zero attached hydrogens (tertiary/aromatic N) is 2. The molecule has 0 saturated carbocycles. The third-order valence-electron chi connectivity index (χ3n) is 2.38. The average molecular weight is 220 g/mol. The molecule has 1 rings (SSSR count). The number of halogens is 1. The number of benzene rings is 1. The van der Waals surface area contributed by atoms with Crippen molar-refractivity contribution in [3.63, 3.8) is 0 Å². The van der Waals surface area contributed by atoms with Gasteiger partial charge >= 0.3 is 0 Å². The molecule has 1 aromatic carbocycles. The predicted molar refractivity (Wildman–Crippen MR) is 58.3 cm³/mol. The van der Waals surface area contributed by atoms with Crippen molar-refractivity contribution in [3.05, 3.63) is 35.1 Å². The van der Waals surface area contributed by atoms with Crippen LogP contribution < -0.4 is 0 Å².